The molecule has 2 heterocycles. The van der Waals surface area contributed by atoms with Crippen molar-refractivity contribution in [3.63, 3.8) is 0 Å². The van der Waals surface area contributed by atoms with Crippen LogP contribution in [0.1, 0.15) is 4.88 Å². The van der Waals surface area contributed by atoms with Crippen molar-refractivity contribution < 1.29 is 0 Å². The molecular weight excluding hydrogens is 256 g/mol. The second kappa shape index (κ2) is 5.16. The molecule has 0 atom stereocenters. The van der Waals surface area contributed by atoms with Crippen LogP contribution in [-0.4, -0.2) is 9.55 Å². The lowest BCUT2D eigenvalue weighted by Crippen LogP contribution is -2.00. The molecule has 0 unspecified atom stereocenters. The minimum Gasteiger partial charge on any atom is -0.398 e. The van der Waals surface area contributed by atoms with Crippen LogP contribution in [0.3, 0.4) is 0 Å². The standard InChI is InChI=1S/C14H14N4S/c15-13-4-7-19-14(13)9-17-11-2-1-3-12(8-11)18-6-5-16-10-18/h1-8,10,17H,9,15H2. The number of aromatic nitrogens is 2. The third-order valence-electron chi connectivity index (χ3n) is 2.88. The zero-order valence-electron chi connectivity index (χ0n) is 10.3. The monoisotopic (exact) mass is 270 g/mol. The number of hydrogen-bond donors (Lipinski definition) is 2. The minimum atomic E-state index is 0.747. The quantitative estimate of drug-likeness (QED) is 0.766. The molecule has 0 fully saturated rings. The van der Waals surface area contributed by atoms with Crippen LogP contribution in [0.2, 0.25) is 0 Å². The highest BCUT2D eigenvalue weighted by Gasteiger charge is 2.01. The molecule has 1 aromatic carbocycles. The van der Waals surface area contributed by atoms with E-state index in [9.17, 15) is 0 Å². The number of anilines is 2. The SMILES string of the molecule is Nc1ccsc1CNc1cccc(-n2ccnc2)c1. The van der Waals surface area contributed by atoms with Crippen LogP contribution >= 0.6 is 11.3 Å². The van der Waals surface area contributed by atoms with Crippen LogP contribution in [0.5, 0.6) is 0 Å². The lowest BCUT2D eigenvalue weighted by Gasteiger charge is -2.08. The summed E-state index contributed by atoms with van der Waals surface area (Å²) >= 11 is 1.67. The van der Waals surface area contributed by atoms with Crippen molar-refractivity contribution in [1.82, 2.24) is 9.55 Å². The summed E-state index contributed by atoms with van der Waals surface area (Å²) in [6, 6.07) is 10.1. The Morgan fingerprint density at radius 3 is 3.00 bits per heavy atom. The second-order valence-electron chi connectivity index (χ2n) is 4.17. The maximum absolute atomic E-state index is 5.87. The van der Waals surface area contributed by atoms with E-state index in [0.717, 1.165) is 28.5 Å². The molecule has 4 nitrogen and oxygen atoms in total. The summed E-state index contributed by atoms with van der Waals surface area (Å²) in [5, 5.41) is 5.40. The lowest BCUT2D eigenvalue weighted by atomic mass is 10.2. The van der Waals surface area contributed by atoms with Crippen LogP contribution in [0, 0.1) is 0 Å². The molecule has 0 radical (unpaired) electrons. The van der Waals surface area contributed by atoms with Crippen molar-refractivity contribution in [2.24, 2.45) is 0 Å². The summed E-state index contributed by atoms with van der Waals surface area (Å²) in [6.45, 7) is 0.747. The van der Waals surface area contributed by atoms with Crippen molar-refractivity contribution in [3.8, 4) is 5.69 Å². The van der Waals surface area contributed by atoms with Gasteiger partial charge < -0.3 is 15.6 Å². The van der Waals surface area contributed by atoms with Gasteiger partial charge in [-0.25, -0.2) is 4.98 Å². The number of imidazole rings is 1. The number of nitrogens with two attached hydrogens (primary N) is 1. The van der Waals surface area contributed by atoms with Crippen molar-refractivity contribution in [1.29, 1.82) is 0 Å². The van der Waals surface area contributed by atoms with Crippen molar-refractivity contribution in [2.75, 3.05) is 11.1 Å². The van der Waals surface area contributed by atoms with E-state index < -0.39 is 0 Å². The van der Waals surface area contributed by atoms with Gasteiger partial charge in [-0.2, -0.15) is 0 Å². The average Bonchev–Trinajstić information content (AvgIpc) is 3.08. The van der Waals surface area contributed by atoms with Gasteiger partial charge in [0.2, 0.25) is 0 Å². The van der Waals surface area contributed by atoms with Crippen LogP contribution in [0.15, 0.2) is 54.4 Å². The van der Waals surface area contributed by atoms with Crippen LogP contribution in [-0.2, 0) is 6.54 Å². The summed E-state index contributed by atoms with van der Waals surface area (Å²) < 4.78 is 1.98. The van der Waals surface area contributed by atoms with Crippen LogP contribution in [0.4, 0.5) is 11.4 Å². The van der Waals surface area contributed by atoms with E-state index in [1.54, 1.807) is 23.9 Å². The molecule has 3 rings (SSSR count). The van der Waals surface area contributed by atoms with Gasteiger partial charge in [0.05, 0.1) is 12.9 Å². The maximum atomic E-state index is 5.87. The largest absolute Gasteiger partial charge is 0.398 e. The van der Waals surface area contributed by atoms with Gasteiger partial charge in [-0.05, 0) is 29.6 Å². The Labute approximate surface area is 115 Å². The highest BCUT2D eigenvalue weighted by Crippen LogP contribution is 2.21. The number of rotatable bonds is 4. The van der Waals surface area contributed by atoms with E-state index in [2.05, 4.69) is 16.4 Å². The van der Waals surface area contributed by atoms with E-state index in [-0.39, 0.29) is 0 Å². The fourth-order valence-corrected chi connectivity index (χ4v) is 2.60. The topological polar surface area (TPSA) is 55.9 Å². The molecule has 0 aliphatic carbocycles. The molecule has 3 aromatic rings. The summed E-state index contributed by atoms with van der Waals surface area (Å²) in [5.41, 5.74) is 8.87. The first-order chi connectivity index (χ1) is 9.33. The first kappa shape index (κ1) is 11.8. The number of nitrogens with zero attached hydrogens (tertiary/aromatic N) is 2. The number of nitrogens with one attached hydrogen (secondary N) is 1. The zero-order valence-corrected chi connectivity index (χ0v) is 11.1. The fourth-order valence-electron chi connectivity index (χ4n) is 1.86. The molecule has 0 amide bonds. The van der Waals surface area contributed by atoms with E-state index in [4.69, 9.17) is 5.73 Å². The van der Waals surface area contributed by atoms with Crippen molar-refractivity contribution in [2.45, 2.75) is 6.54 Å². The first-order valence-corrected chi connectivity index (χ1v) is 6.85. The van der Waals surface area contributed by atoms with Gasteiger partial charge in [0.25, 0.3) is 0 Å². The third kappa shape index (κ3) is 2.61. The molecule has 19 heavy (non-hydrogen) atoms. The Bertz CT molecular complexity index is 658. The molecule has 0 saturated carbocycles. The van der Waals surface area contributed by atoms with Crippen LogP contribution < -0.4 is 11.1 Å². The number of benzene rings is 1. The molecule has 0 aliphatic rings. The number of thiophene rings is 1. The van der Waals surface area contributed by atoms with E-state index in [1.807, 2.05) is 40.4 Å². The van der Waals surface area contributed by atoms with Gasteiger partial charge in [0, 0.05) is 34.3 Å². The van der Waals surface area contributed by atoms with Gasteiger partial charge in [-0.1, -0.05) is 6.07 Å². The summed E-state index contributed by atoms with van der Waals surface area (Å²) in [7, 11) is 0. The first-order valence-electron chi connectivity index (χ1n) is 5.97. The van der Waals surface area contributed by atoms with Crippen molar-refractivity contribution >= 4 is 22.7 Å². The molecular formula is C14H14N4S. The highest BCUT2D eigenvalue weighted by molar-refractivity contribution is 7.10. The Kier molecular flexibility index (Phi) is 3.20. The summed E-state index contributed by atoms with van der Waals surface area (Å²) in [4.78, 5) is 5.21. The molecule has 5 heteroatoms. The van der Waals surface area contributed by atoms with Gasteiger partial charge in [0.15, 0.2) is 0 Å². The fraction of sp³-hybridized carbons (Fsp3) is 0.0714. The van der Waals surface area contributed by atoms with Crippen molar-refractivity contribution in [3.05, 3.63) is 59.3 Å². The second-order valence-corrected chi connectivity index (χ2v) is 5.17. The number of hydrogen-bond acceptors (Lipinski definition) is 4. The predicted octanol–water partition coefficient (Wildman–Crippen LogP) is 3.13. The minimum absolute atomic E-state index is 0.747. The zero-order chi connectivity index (χ0) is 13.1. The summed E-state index contributed by atoms with van der Waals surface area (Å²) in [6.07, 6.45) is 5.49. The molecule has 0 spiro atoms. The lowest BCUT2D eigenvalue weighted by molar-refractivity contribution is 1.05. The molecule has 3 N–H and O–H groups in total. The van der Waals surface area contributed by atoms with E-state index in [1.165, 1.54) is 0 Å². The smallest absolute Gasteiger partial charge is 0.0991 e. The van der Waals surface area contributed by atoms with Gasteiger partial charge in [0.1, 0.15) is 0 Å². The third-order valence-corrected chi connectivity index (χ3v) is 3.82. The molecule has 0 aliphatic heterocycles. The average molecular weight is 270 g/mol. The van der Waals surface area contributed by atoms with E-state index in [0.29, 0.717) is 0 Å². The summed E-state index contributed by atoms with van der Waals surface area (Å²) in [5.74, 6) is 0. The Morgan fingerprint density at radius 1 is 1.32 bits per heavy atom. The Morgan fingerprint density at radius 2 is 2.26 bits per heavy atom. The van der Waals surface area contributed by atoms with Gasteiger partial charge in [-0.3, -0.25) is 0 Å². The number of nitrogen functional groups attached to an aromatic ring is 1. The van der Waals surface area contributed by atoms with Gasteiger partial charge in [-0.15, -0.1) is 11.3 Å². The Balaban J connectivity index is 1.75. The predicted molar refractivity (Wildman–Crippen MR) is 79.6 cm³/mol. The molecule has 0 bridgehead atoms. The molecule has 2 aromatic heterocycles. The molecule has 96 valence electrons. The van der Waals surface area contributed by atoms with Gasteiger partial charge >= 0.3 is 0 Å². The van der Waals surface area contributed by atoms with E-state index >= 15 is 0 Å². The Hall–Kier alpha value is -2.27. The highest BCUT2D eigenvalue weighted by atomic mass is 32.1. The van der Waals surface area contributed by atoms with Crippen LogP contribution in [0.25, 0.3) is 5.69 Å². The normalized spacial score (nSPS) is 10.5. The molecule has 0 saturated heterocycles. The maximum Gasteiger partial charge on any atom is 0.0991 e.